The molecule has 0 saturated carbocycles. The van der Waals surface area contributed by atoms with Crippen LogP contribution in [0.1, 0.15) is 31.2 Å². The van der Waals surface area contributed by atoms with Crippen molar-refractivity contribution in [2.45, 2.75) is 32.1 Å². The zero-order chi connectivity index (χ0) is 11.5. The highest BCUT2D eigenvalue weighted by atomic mass is 15.2. The summed E-state index contributed by atoms with van der Waals surface area (Å²) in [5.74, 6) is 1.24. The van der Waals surface area contributed by atoms with Crippen LogP contribution in [0.3, 0.4) is 0 Å². The van der Waals surface area contributed by atoms with Crippen molar-refractivity contribution >= 4 is 11.5 Å². The first-order valence-electron chi connectivity index (χ1n) is 6.52. The summed E-state index contributed by atoms with van der Waals surface area (Å²) in [4.78, 5) is 6.98. The fourth-order valence-electron chi connectivity index (χ4n) is 2.65. The van der Waals surface area contributed by atoms with Gasteiger partial charge in [-0.15, -0.1) is 0 Å². The molecule has 2 nitrogen and oxygen atoms in total. The number of para-hydroxylation sites is 1. The molecule has 2 aliphatic rings. The van der Waals surface area contributed by atoms with E-state index in [-0.39, 0.29) is 0 Å². The normalized spacial score (nSPS) is 19.5. The number of nitrogens with zero attached hydrogens (tertiary/aromatic N) is 2. The first-order chi connectivity index (χ1) is 8.45. The molecule has 2 heteroatoms. The molecule has 0 spiro atoms. The third-order valence-corrected chi connectivity index (χ3v) is 3.54. The van der Waals surface area contributed by atoms with Gasteiger partial charge in [-0.25, -0.2) is 4.99 Å². The molecule has 0 fully saturated rings. The molecular weight excluding hydrogens is 208 g/mol. The highest BCUT2D eigenvalue weighted by molar-refractivity contribution is 5.99. The molecule has 17 heavy (non-hydrogen) atoms. The van der Waals surface area contributed by atoms with E-state index >= 15 is 0 Å². The van der Waals surface area contributed by atoms with Crippen LogP contribution in [0, 0.1) is 0 Å². The molecule has 0 unspecified atom stereocenters. The van der Waals surface area contributed by atoms with Crippen LogP contribution in [0.2, 0.25) is 0 Å². The summed E-state index contributed by atoms with van der Waals surface area (Å²) >= 11 is 0. The molecule has 0 aliphatic carbocycles. The molecule has 1 aromatic rings. The molecular formula is C15H18N2. The lowest BCUT2D eigenvalue weighted by Gasteiger charge is -2.27. The largest absolute Gasteiger partial charge is 0.330 e. The second-order valence-corrected chi connectivity index (χ2v) is 4.71. The van der Waals surface area contributed by atoms with Crippen LogP contribution in [-0.2, 0) is 6.42 Å². The Morgan fingerprint density at radius 3 is 2.88 bits per heavy atom. The smallest absolute Gasteiger partial charge is 0.109 e. The first kappa shape index (κ1) is 10.6. The van der Waals surface area contributed by atoms with Crippen LogP contribution in [0.25, 0.3) is 0 Å². The maximum absolute atomic E-state index is 4.56. The van der Waals surface area contributed by atoms with Gasteiger partial charge >= 0.3 is 0 Å². The second-order valence-electron chi connectivity index (χ2n) is 4.71. The van der Waals surface area contributed by atoms with Gasteiger partial charge in [0.05, 0.1) is 0 Å². The standard InChI is InChI=1S/C15H18N2/c1-2-9-14-13(7-1)8-4-6-12-17(14)15-10-3-5-11-16-15/h1-2,5,7,9,11H,3-4,6,8,10,12H2. The maximum atomic E-state index is 4.56. The zero-order valence-electron chi connectivity index (χ0n) is 10.1. The molecule has 2 heterocycles. The maximum Gasteiger partial charge on any atom is 0.109 e. The lowest BCUT2D eigenvalue weighted by molar-refractivity contribution is 0.761. The van der Waals surface area contributed by atoms with Crippen molar-refractivity contribution in [3.05, 3.63) is 42.1 Å². The molecule has 1 aromatic carbocycles. The number of rotatable bonds is 0. The highest BCUT2D eigenvalue weighted by Crippen LogP contribution is 2.27. The van der Waals surface area contributed by atoms with Crippen LogP contribution < -0.4 is 4.90 Å². The van der Waals surface area contributed by atoms with E-state index in [0.717, 1.165) is 19.4 Å². The Bertz CT molecular complexity index is 460. The monoisotopic (exact) mass is 226 g/mol. The fourth-order valence-corrected chi connectivity index (χ4v) is 2.65. The summed E-state index contributed by atoms with van der Waals surface area (Å²) in [6.45, 7) is 1.11. The number of amidine groups is 1. The highest BCUT2D eigenvalue weighted by Gasteiger charge is 2.19. The Labute approximate surface area is 103 Å². The van der Waals surface area contributed by atoms with Crippen molar-refractivity contribution in [1.29, 1.82) is 0 Å². The van der Waals surface area contributed by atoms with Crippen LogP contribution >= 0.6 is 0 Å². The van der Waals surface area contributed by atoms with Gasteiger partial charge in [-0.05, 0) is 37.3 Å². The summed E-state index contributed by atoms with van der Waals surface area (Å²) in [5.41, 5.74) is 2.85. The minimum atomic E-state index is 1.07. The van der Waals surface area contributed by atoms with Crippen molar-refractivity contribution in [2.24, 2.45) is 4.99 Å². The topological polar surface area (TPSA) is 15.6 Å². The van der Waals surface area contributed by atoms with E-state index in [1.165, 1.54) is 36.3 Å². The van der Waals surface area contributed by atoms with Crippen molar-refractivity contribution in [3.8, 4) is 0 Å². The second kappa shape index (κ2) is 4.74. The predicted molar refractivity (Wildman–Crippen MR) is 72.5 cm³/mol. The van der Waals surface area contributed by atoms with Gasteiger partial charge in [0.1, 0.15) is 5.84 Å². The molecule has 0 radical (unpaired) electrons. The molecule has 2 aliphatic heterocycles. The van der Waals surface area contributed by atoms with Crippen LogP contribution in [0.5, 0.6) is 0 Å². The van der Waals surface area contributed by atoms with Gasteiger partial charge in [-0.2, -0.15) is 0 Å². The summed E-state index contributed by atoms with van der Waals surface area (Å²) < 4.78 is 0. The first-order valence-corrected chi connectivity index (χ1v) is 6.52. The number of hydrogen-bond acceptors (Lipinski definition) is 2. The van der Waals surface area contributed by atoms with Crippen molar-refractivity contribution < 1.29 is 0 Å². The summed E-state index contributed by atoms with van der Waals surface area (Å²) in [7, 11) is 0. The zero-order valence-corrected chi connectivity index (χ0v) is 10.1. The van der Waals surface area contributed by atoms with Gasteiger partial charge < -0.3 is 4.90 Å². The average Bonchev–Trinajstić information content (AvgIpc) is 2.62. The summed E-state index contributed by atoms with van der Waals surface area (Å²) in [6, 6.07) is 8.77. The summed E-state index contributed by atoms with van der Waals surface area (Å²) in [6.07, 6.45) is 10.0. The van der Waals surface area contributed by atoms with Gasteiger partial charge in [-0.1, -0.05) is 24.3 Å². The van der Waals surface area contributed by atoms with Crippen molar-refractivity contribution in [2.75, 3.05) is 11.4 Å². The van der Waals surface area contributed by atoms with Crippen molar-refractivity contribution in [1.82, 2.24) is 0 Å². The van der Waals surface area contributed by atoms with Crippen LogP contribution in [0.15, 0.2) is 41.5 Å². The van der Waals surface area contributed by atoms with E-state index in [1.807, 2.05) is 6.20 Å². The van der Waals surface area contributed by atoms with Gasteiger partial charge in [0.2, 0.25) is 0 Å². The van der Waals surface area contributed by atoms with Crippen LogP contribution in [0.4, 0.5) is 5.69 Å². The molecule has 0 N–H and O–H groups in total. The number of aliphatic imine (C=N–C) groups is 1. The van der Waals surface area contributed by atoms with E-state index in [4.69, 9.17) is 0 Å². The van der Waals surface area contributed by atoms with Gasteiger partial charge in [0, 0.05) is 24.9 Å². The van der Waals surface area contributed by atoms with E-state index in [2.05, 4.69) is 40.2 Å². The third kappa shape index (κ3) is 2.12. The van der Waals surface area contributed by atoms with Gasteiger partial charge in [-0.3, -0.25) is 0 Å². The van der Waals surface area contributed by atoms with Crippen LogP contribution in [-0.4, -0.2) is 12.4 Å². The van der Waals surface area contributed by atoms with Gasteiger partial charge in [0.15, 0.2) is 0 Å². The number of hydrogen-bond donors (Lipinski definition) is 0. The Balaban J connectivity index is 1.99. The molecule has 88 valence electrons. The quantitative estimate of drug-likeness (QED) is 0.660. The Hall–Kier alpha value is -1.57. The molecule has 0 bridgehead atoms. The van der Waals surface area contributed by atoms with Crippen molar-refractivity contribution in [3.63, 3.8) is 0 Å². The Kier molecular flexibility index (Phi) is 2.95. The minimum absolute atomic E-state index is 1.07. The number of benzene rings is 1. The number of fused-ring (bicyclic) bond motifs is 1. The Morgan fingerprint density at radius 1 is 1.06 bits per heavy atom. The number of aryl methyl sites for hydroxylation is 1. The minimum Gasteiger partial charge on any atom is -0.330 e. The average molecular weight is 226 g/mol. The van der Waals surface area contributed by atoms with E-state index in [1.54, 1.807) is 0 Å². The fraction of sp³-hybridized carbons (Fsp3) is 0.400. The predicted octanol–water partition coefficient (Wildman–Crippen LogP) is 3.54. The number of allylic oxidation sites excluding steroid dienone is 1. The molecule has 0 atom stereocenters. The van der Waals surface area contributed by atoms with Gasteiger partial charge in [0.25, 0.3) is 0 Å². The third-order valence-electron chi connectivity index (χ3n) is 3.54. The molecule has 0 aromatic heterocycles. The lowest BCUT2D eigenvalue weighted by Crippen LogP contribution is -2.32. The molecule has 0 saturated heterocycles. The van der Waals surface area contributed by atoms with E-state index in [9.17, 15) is 0 Å². The van der Waals surface area contributed by atoms with E-state index in [0.29, 0.717) is 0 Å². The van der Waals surface area contributed by atoms with E-state index < -0.39 is 0 Å². The summed E-state index contributed by atoms with van der Waals surface area (Å²) in [5, 5.41) is 0. The number of anilines is 1. The SMILES string of the molecule is C1=CN=C(N2CCCCc3ccccc32)CC1. The Morgan fingerprint density at radius 2 is 2.00 bits per heavy atom. The molecule has 3 rings (SSSR count). The lowest BCUT2D eigenvalue weighted by atomic mass is 10.1. The molecule has 0 amide bonds.